The molecule has 0 aromatic heterocycles. The van der Waals surface area contributed by atoms with E-state index in [9.17, 15) is 14.4 Å². The highest BCUT2D eigenvalue weighted by Gasteiger charge is 2.30. The zero-order chi connectivity index (χ0) is 20.8. The first-order valence-corrected chi connectivity index (χ1v) is 9.97. The predicted octanol–water partition coefficient (Wildman–Crippen LogP) is 4.34. The summed E-state index contributed by atoms with van der Waals surface area (Å²) in [4.78, 5) is 36.3. The summed E-state index contributed by atoms with van der Waals surface area (Å²) in [5, 5.41) is 8.60. The van der Waals surface area contributed by atoms with E-state index in [4.69, 9.17) is 0 Å². The molecule has 0 heterocycles. The van der Waals surface area contributed by atoms with Crippen molar-refractivity contribution in [3.05, 3.63) is 54.1 Å². The molecule has 0 atom stereocenters. The van der Waals surface area contributed by atoms with E-state index in [0.717, 1.165) is 11.3 Å². The second-order valence-corrected chi connectivity index (χ2v) is 7.66. The molecule has 6 heteroatoms. The molecular formula is C23H27N3O3. The number of benzene rings is 2. The third kappa shape index (κ3) is 5.91. The van der Waals surface area contributed by atoms with Crippen LogP contribution < -0.4 is 16.0 Å². The van der Waals surface area contributed by atoms with Crippen molar-refractivity contribution in [3.8, 4) is 0 Å². The van der Waals surface area contributed by atoms with Crippen LogP contribution in [0.25, 0.3) is 0 Å². The zero-order valence-corrected chi connectivity index (χ0v) is 16.8. The van der Waals surface area contributed by atoms with Gasteiger partial charge in [0.05, 0.1) is 0 Å². The van der Waals surface area contributed by atoms with Gasteiger partial charge in [0.1, 0.15) is 0 Å². The number of carbonyl (C=O) groups excluding carboxylic acids is 3. The second kappa shape index (κ2) is 9.37. The summed E-state index contributed by atoms with van der Waals surface area (Å²) in [5.41, 5.74) is 3.25. The van der Waals surface area contributed by atoms with Crippen LogP contribution in [0.2, 0.25) is 0 Å². The Hall–Kier alpha value is -3.15. The molecule has 29 heavy (non-hydrogen) atoms. The number of anilines is 3. The van der Waals surface area contributed by atoms with Crippen LogP contribution in [0.15, 0.2) is 48.5 Å². The van der Waals surface area contributed by atoms with Crippen LogP contribution in [0.3, 0.4) is 0 Å². The lowest BCUT2D eigenvalue weighted by Gasteiger charge is -2.27. The van der Waals surface area contributed by atoms with Gasteiger partial charge >= 0.3 is 0 Å². The van der Waals surface area contributed by atoms with E-state index in [1.807, 2.05) is 31.2 Å². The zero-order valence-electron chi connectivity index (χ0n) is 16.8. The molecule has 2 aromatic carbocycles. The molecule has 0 aliphatic heterocycles. The van der Waals surface area contributed by atoms with Gasteiger partial charge in [-0.1, -0.05) is 23.8 Å². The second-order valence-electron chi connectivity index (χ2n) is 7.66. The lowest BCUT2D eigenvalue weighted by atomic mass is 9.81. The van der Waals surface area contributed by atoms with E-state index in [2.05, 4.69) is 16.0 Å². The van der Waals surface area contributed by atoms with Gasteiger partial charge in [0.15, 0.2) is 0 Å². The van der Waals surface area contributed by atoms with Crippen molar-refractivity contribution in [2.24, 2.45) is 11.8 Å². The van der Waals surface area contributed by atoms with Gasteiger partial charge in [-0.25, -0.2) is 0 Å². The average molecular weight is 393 g/mol. The summed E-state index contributed by atoms with van der Waals surface area (Å²) in [7, 11) is 0. The number of aryl methyl sites for hydroxylation is 1. The van der Waals surface area contributed by atoms with Gasteiger partial charge in [0, 0.05) is 35.8 Å². The molecule has 2 aromatic rings. The fraction of sp³-hybridized carbons (Fsp3) is 0.348. The lowest BCUT2D eigenvalue weighted by molar-refractivity contribution is -0.125. The minimum Gasteiger partial charge on any atom is -0.326 e. The van der Waals surface area contributed by atoms with Gasteiger partial charge < -0.3 is 16.0 Å². The highest BCUT2D eigenvalue weighted by Crippen LogP contribution is 2.31. The quantitative estimate of drug-likeness (QED) is 0.706. The number of nitrogens with one attached hydrogen (secondary N) is 3. The lowest BCUT2D eigenvalue weighted by Crippen LogP contribution is -2.32. The Morgan fingerprint density at radius 3 is 1.72 bits per heavy atom. The molecule has 3 rings (SSSR count). The molecule has 1 aliphatic carbocycles. The number of rotatable bonds is 5. The largest absolute Gasteiger partial charge is 0.326 e. The van der Waals surface area contributed by atoms with Crippen LogP contribution in [0.4, 0.5) is 17.1 Å². The van der Waals surface area contributed by atoms with Crippen molar-refractivity contribution in [2.45, 2.75) is 39.5 Å². The number of hydrogen-bond donors (Lipinski definition) is 3. The Labute approximate surface area is 171 Å². The summed E-state index contributed by atoms with van der Waals surface area (Å²) in [6.45, 7) is 3.45. The standard InChI is InChI=1S/C23H27N3O3/c1-15-6-12-19(13-7-15)25-22(28)17-8-10-18(11-9-17)23(29)26-21-5-3-4-20(14-21)24-16(2)27/h3-7,12-14,17-18H,8-11H2,1-2H3,(H,24,27)(H,25,28)(H,26,29). The summed E-state index contributed by atoms with van der Waals surface area (Å²) in [5.74, 6) is -0.347. The van der Waals surface area contributed by atoms with Gasteiger partial charge in [-0.3, -0.25) is 14.4 Å². The fourth-order valence-electron chi connectivity index (χ4n) is 3.62. The fourth-order valence-corrected chi connectivity index (χ4v) is 3.62. The molecule has 0 unspecified atom stereocenters. The topological polar surface area (TPSA) is 87.3 Å². The normalized spacial score (nSPS) is 18.6. The first-order chi connectivity index (χ1) is 13.9. The van der Waals surface area contributed by atoms with Crippen molar-refractivity contribution >= 4 is 34.8 Å². The molecule has 1 aliphatic rings. The van der Waals surface area contributed by atoms with Gasteiger partial charge in [0.25, 0.3) is 0 Å². The predicted molar refractivity (Wildman–Crippen MR) is 115 cm³/mol. The van der Waals surface area contributed by atoms with Crippen molar-refractivity contribution in [3.63, 3.8) is 0 Å². The highest BCUT2D eigenvalue weighted by molar-refractivity contribution is 5.95. The molecule has 0 saturated heterocycles. The highest BCUT2D eigenvalue weighted by atomic mass is 16.2. The Bertz CT molecular complexity index is 884. The monoisotopic (exact) mass is 393 g/mol. The SMILES string of the molecule is CC(=O)Nc1cccc(NC(=O)C2CCC(C(=O)Nc3ccc(C)cc3)CC2)c1. The molecule has 1 saturated carbocycles. The van der Waals surface area contributed by atoms with Crippen LogP contribution in [0, 0.1) is 18.8 Å². The Morgan fingerprint density at radius 1 is 0.724 bits per heavy atom. The molecule has 0 bridgehead atoms. The maximum atomic E-state index is 12.6. The Balaban J connectivity index is 1.49. The molecule has 0 spiro atoms. The van der Waals surface area contributed by atoms with Crippen molar-refractivity contribution in [2.75, 3.05) is 16.0 Å². The van der Waals surface area contributed by atoms with E-state index in [1.165, 1.54) is 6.92 Å². The van der Waals surface area contributed by atoms with E-state index >= 15 is 0 Å². The van der Waals surface area contributed by atoms with Crippen LogP contribution in [-0.4, -0.2) is 17.7 Å². The maximum absolute atomic E-state index is 12.6. The molecule has 3 N–H and O–H groups in total. The van der Waals surface area contributed by atoms with E-state index in [-0.39, 0.29) is 29.6 Å². The number of hydrogen-bond acceptors (Lipinski definition) is 3. The Morgan fingerprint density at radius 2 is 1.21 bits per heavy atom. The number of carbonyl (C=O) groups is 3. The van der Waals surface area contributed by atoms with E-state index in [0.29, 0.717) is 37.1 Å². The van der Waals surface area contributed by atoms with Crippen molar-refractivity contribution in [1.29, 1.82) is 0 Å². The van der Waals surface area contributed by atoms with Gasteiger partial charge in [0.2, 0.25) is 17.7 Å². The van der Waals surface area contributed by atoms with Gasteiger partial charge in [-0.15, -0.1) is 0 Å². The van der Waals surface area contributed by atoms with Gasteiger partial charge in [-0.2, -0.15) is 0 Å². The molecule has 3 amide bonds. The molecule has 0 radical (unpaired) electrons. The summed E-state index contributed by atoms with van der Waals surface area (Å²) in [6, 6.07) is 14.8. The summed E-state index contributed by atoms with van der Waals surface area (Å²) < 4.78 is 0. The third-order valence-electron chi connectivity index (χ3n) is 5.24. The van der Waals surface area contributed by atoms with Crippen LogP contribution in [0.1, 0.15) is 38.2 Å². The number of amides is 3. The Kier molecular flexibility index (Phi) is 6.65. The third-order valence-corrected chi connectivity index (χ3v) is 5.24. The van der Waals surface area contributed by atoms with E-state index in [1.54, 1.807) is 24.3 Å². The van der Waals surface area contributed by atoms with Crippen molar-refractivity contribution < 1.29 is 14.4 Å². The average Bonchev–Trinajstić information content (AvgIpc) is 2.69. The smallest absolute Gasteiger partial charge is 0.227 e. The minimum absolute atomic E-state index is 0.0238. The van der Waals surface area contributed by atoms with E-state index < -0.39 is 0 Å². The first-order valence-electron chi connectivity index (χ1n) is 9.97. The molecule has 1 fully saturated rings. The summed E-state index contributed by atoms with van der Waals surface area (Å²) in [6.07, 6.45) is 2.76. The summed E-state index contributed by atoms with van der Waals surface area (Å²) >= 11 is 0. The minimum atomic E-state index is -0.157. The maximum Gasteiger partial charge on any atom is 0.227 e. The molecule has 152 valence electrons. The molecular weight excluding hydrogens is 366 g/mol. The van der Waals surface area contributed by atoms with Crippen molar-refractivity contribution in [1.82, 2.24) is 0 Å². The van der Waals surface area contributed by atoms with Gasteiger partial charge in [-0.05, 0) is 62.9 Å². The molecule has 6 nitrogen and oxygen atoms in total. The first kappa shape index (κ1) is 20.6. The van der Waals surface area contributed by atoms with Crippen LogP contribution >= 0.6 is 0 Å². The van der Waals surface area contributed by atoms with Crippen LogP contribution in [0.5, 0.6) is 0 Å². The van der Waals surface area contributed by atoms with Crippen LogP contribution in [-0.2, 0) is 14.4 Å².